The van der Waals surface area contributed by atoms with Crippen molar-refractivity contribution >= 4 is 17.8 Å². The van der Waals surface area contributed by atoms with Crippen molar-refractivity contribution in [2.45, 2.75) is 51.2 Å². The average molecular weight is 489 g/mol. The highest BCUT2D eigenvalue weighted by Gasteiger charge is 2.38. The minimum Gasteiger partial charge on any atom is -0.475 e. The van der Waals surface area contributed by atoms with Crippen molar-refractivity contribution in [1.82, 2.24) is 29.5 Å². The number of piperazine rings is 1. The van der Waals surface area contributed by atoms with Gasteiger partial charge in [-0.15, -0.1) is 10.2 Å². The molecule has 0 aromatic carbocycles. The summed E-state index contributed by atoms with van der Waals surface area (Å²) in [6.45, 7) is 7.47. The first-order valence-electron chi connectivity index (χ1n) is 11.4. The SMILES string of the molecule is CC(=O)N1CCC(c2nnc3n2CC(C(=O)N2CCN(C)CC2)CC3)CC1.O=C(O)C(F)(F)F. The molecule has 0 aliphatic carbocycles. The van der Waals surface area contributed by atoms with E-state index in [1.807, 2.05) is 9.80 Å². The second-order valence-electron chi connectivity index (χ2n) is 9.03. The van der Waals surface area contributed by atoms with Gasteiger partial charge in [0.2, 0.25) is 11.8 Å². The van der Waals surface area contributed by atoms with Crippen molar-refractivity contribution in [3.05, 3.63) is 11.6 Å². The van der Waals surface area contributed by atoms with Crippen molar-refractivity contribution in [3.8, 4) is 0 Å². The van der Waals surface area contributed by atoms with Crippen molar-refractivity contribution in [2.75, 3.05) is 46.3 Å². The number of nitrogens with zero attached hydrogens (tertiary/aromatic N) is 6. The number of carboxylic acid groups (broad SMARTS) is 1. The van der Waals surface area contributed by atoms with Gasteiger partial charge in [-0.1, -0.05) is 0 Å². The number of halogens is 3. The van der Waals surface area contributed by atoms with E-state index >= 15 is 0 Å². The second kappa shape index (κ2) is 10.7. The molecule has 0 spiro atoms. The molecule has 2 saturated heterocycles. The molecule has 13 heteroatoms. The molecule has 1 aromatic rings. The molecule has 2 amide bonds. The highest BCUT2D eigenvalue weighted by atomic mass is 19.4. The van der Waals surface area contributed by atoms with E-state index in [-0.39, 0.29) is 11.8 Å². The highest BCUT2D eigenvalue weighted by molar-refractivity contribution is 5.79. The summed E-state index contributed by atoms with van der Waals surface area (Å²) < 4.78 is 33.9. The van der Waals surface area contributed by atoms with Crippen LogP contribution in [0, 0.1) is 5.92 Å². The molecule has 3 aliphatic rings. The molecule has 0 saturated carbocycles. The third-order valence-electron chi connectivity index (χ3n) is 6.69. The number of rotatable bonds is 2. The largest absolute Gasteiger partial charge is 0.490 e. The molecule has 1 unspecified atom stereocenters. The van der Waals surface area contributed by atoms with E-state index in [2.05, 4.69) is 26.7 Å². The van der Waals surface area contributed by atoms with E-state index in [0.29, 0.717) is 18.4 Å². The standard InChI is InChI=1S/C19H30N6O2.C2HF3O2/c1-14(26)23-7-5-15(6-8-23)18-21-20-17-4-3-16(13-25(17)18)19(27)24-11-9-22(2)10-12-24;3-2(4,5)1(6)7/h15-16H,3-13H2,1-2H3;(H,6,7). The van der Waals surface area contributed by atoms with Gasteiger partial charge in [-0.3, -0.25) is 9.59 Å². The monoisotopic (exact) mass is 488 g/mol. The number of likely N-dealkylation sites (tertiary alicyclic amines) is 1. The molecule has 3 aliphatic heterocycles. The number of fused-ring (bicyclic) bond motifs is 1. The summed E-state index contributed by atoms with van der Waals surface area (Å²) in [5.41, 5.74) is 0. The number of carbonyl (C=O) groups excluding carboxylic acids is 2. The zero-order valence-electron chi connectivity index (χ0n) is 19.4. The average Bonchev–Trinajstić information content (AvgIpc) is 3.22. The Morgan fingerprint density at radius 1 is 0.941 bits per heavy atom. The predicted molar refractivity (Wildman–Crippen MR) is 114 cm³/mol. The molecule has 0 bridgehead atoms. The first-order chi connectivity index (χ1) is 16.0. The molecule has 190 valence electrons. The van der Waals surface area contributed by atoms with Crippen LogP contribution in [0.2, 0.25) is 0 Å². The summed E-state index contributed by atoms with van der Waals surface area (Å²) >= 11 is 0. The fourth-order valence-electron chi connectivity index (χ4n) is 4.59. The lowest BCUT2D eigenvalue weighted by Crippen LogP contribution is -2.50. The maximum Gasteiger partial charge on any atom is 0.490 e. The molecular formula is C21H31F3N6O4. The Labute approximate surface area is 195 Å². The predicted octanol–water partition coefficient (Wildman–Crippen LogP) is 0.974. The summed E-state index contributed by atoms with van der Waals surface area (Å²) in [6.07, 6.45) is -1.54. The summed E-state index contributed by atoms with van der Waals surface area (Å²) in [5.74, 6) is 0.0830. The Bertz CT molecular complexity index is 890. The van der Waals surface area contributed by atoms with Gasteiger partial charge < -0.3 is 24.4 Å². The van der Waals surface area contributed by atoms with Gasteiger partial charge in [0, 0.05) is 65.1 Å². The molecule has 2 fully saturated rings. The Morgan fingerprint density at radius 3 is 2.06 bits per heavy atom. The van der Waals surface area contributed by atoms with Gasteiger partial charge in [0.1, 0.15) is 11.6 Å². The summed E-state index contributed by atoms with van der Waals surface area (Å²) in [4.78, 5) is 39.7. The number of aryl methyl sites for hydroxylation is 1. The fourth-order valence-corrected chi connectivity index (χ4v) is 4.59. The van der Waals surface area contributed by atoms with Gasteiger partial charge in [0.15, 0.2) is 0 Å². The van der Waals surface area contributed by atoms with Crippen molar-refractivity contribution < 1.29 is 32.7 Å². The third-order valence-corrected chi connectivity index (χ3v) is 6.69. The topological polar surface area (TPSA) is 112 Å². The highest BCUT2D eigenvalue weighted by Crippen LogP contribution is 2.31. The van der Waals surface area contributed by atoms with Crippen LogP contribution in [0.5, 0.6) is 0 Å². The molecule has 4 heterocycles. The molecule has 10 nitrogen and oxygen atoms in total. The first kappa shape index (κ1) is 25.9. The number of aromatic nitrogens is 3. The number of alkyl halides is 3. The summed E-state index contributed by atoms with van der Waals surface area (Å²) in [6, 6.07) is 0. The van der Waals surface area contributed by atoms with Crippen LogP contribution in [0.15, 0.2) is 0 Å². The fraction of sp³-hybridized carbons (Fsp3) is 0.762. The van der Waals surface area contributed by atoms with Crippen molar-refractivity contribution in [1.29, 1.82) is 0 Å². The third kappa shape index (κ3) is 6.24. The Hall–Kier alpha value is -2.70. The van der Waals surface area contributed by atoms with E-state index in [9.17, 15) is 22.8 Å². The van der Waals surface area contributed by atoms with Crippen LogP contribution >= 0.6 is 0 Å². The van der Waals surface area contributed by atoms with E-state index in [4.69, 9.17) is 9.90 Å². The van der Waals surface area contributed by atoms with Gasteiger partial charge in [-0.25, -0.2) is 4.79 Å². The number of piperidine rings is 1. The maximum atomic E-state index is 13.0. The number of hydrogen-bond acceptors (Lipinski definition) is 6. The first-order valence-corrected chi connectivity index (χ1v) is 11.4. The van der Waals surface area contributed by atoms with Crippen LogP contribution < -0.4 is 0 Å². The van der Waals surface area contributed by atoms with Crippen LogP contribution in [0.4, 0.5) is 13.2 Å². The molecule has 4 rings (SSSR count). The zero-order valence-corrected chi connectivity index (χ0v) is 19.4. The molecule has 34 heavy (non-hydrogen) atoms. The van der Waals surface area contributed by atoms with Gasteiger partial charge >= 0.3 is 12.1 Å². The normalized spacial score (nSPS) is 22.0. The lowest BCUT2D eigenvalue weighted by Gasteiger charge is -2.36. The number of aliphatic carboxylic acids is 1. The number of hydrogen-bond donors (Lipinski definition) is 1. The quantitative estimate of drug-likeness (QED) is 0.660. The van der Waals surface area contributed by atoms with Gasteiger partial charge in [0.05, 0.1) is 5.92 Å². The van der Waals surface area contributed by atoms with Gasteiger partial charge in [-0.05, 0) is 26.3 Å². The van der Waals surface area contributed by atoms with E-state index < -0.39 is 12.1 Å². The Kier molecular flexibility index (Phi) is 8.16. The number of amides is 2. The number of carbonyl (C=O) groups is 3. The van der Waals surface area contributed by atoms with E-state index in [1.165, 1.54) is 0 Å². The minimum absolute atomic E-state index is 0.0352. The molecule has 1 aromatic heterocycles. The second-order valence-corrected chi connectivity index (χ2v) is 9.03. The summed E-state index contributed by atoms with van der Waals surface area (Å²) in [5, 5.41) is 16.0. The van der Waals surface area contributed by atoms with Crippen molar-refractivity contribution in [3.63, 3.8) is 0 Å². The lowest BCUT2D eigenvalue weighted by atomic mass is 9.93. The van der Waals surface area contributed by atoms with Crippen LogP contribution in [-0.2, 0) is 27.3 Å². The Balaban J connectivity index is 0.000000406. The van der Waals surface area contributed by atoms with Crippen LogP contribution in [0.3, 0.4) is 0 Å². The minimum atomic E-state index is -5.08. The zero-order chi connectivity index (χ0) is 25.0. The maximum absolute atomic E-state index is 13.0. The number of likely N-dealkylation sites (N-methyl/N-ethyl adjacent to an activating group) is 1. The lowest BCUT2D eigenvalue weighted by molar-refractivity contribution is -0.192. The van der Waals surface area contributed by atoms with Gasteiger partial charge in [0.25, 0.3) is 0 Å². The number of carboxylic acids is 1. The summed E-state index contributed by atoms with van der Waals surface area (Å²) in [7, 11) is 2.11. The van der Waals surface area contributed by atoms with Crippen LogP contribution in [-0.4, -0.2) is 105 Å². The molecule has 1 atom stereocenters. The van der Waals surface area contributed by atoms with Gasteiger partial charge in [-0.2, -0.15) is 13.2 Å². The van der Waals surface area contributed by atoms with E-state index in [1.54, 1.807) is 6.92 Å². The van der Waals surface area contributed by atoms with Crippen molar-refractivity contribution in [2.24, 2.45) is 5.92 Å². The van der Waals surface area contributed by atoms with Crippen LogP contribution in [0.1, 0.15) is 43.8 Å². The Morgan fingerprint density at radius 2 is 1.53 bits per heavy atom. The molecular weight excluding hydrogens is 457 g/mol. The molecule has 0 radical (unpaired) electrons. The molecule has 1 N–H and O–H groups in total. The van der Waals surface area contributed by atoms with E-state index in [0.717, 1.165) is 76.6 Å². The smallest absolute Gasteiger partial charge is 0.475 e. The van der Waals surface area contributed by atoms with Crippen LogP contribution in [0.25, 0.3) is 0 Å².